The largest absolute Gasteiger partial charge is 0.492 e. The molecule has 1 heterocycles. The van der Waals surface area contributed by atoms with Crippen molar-refractivity contribution in [3.63, 3.8) is 0 Å². The second-order valence-electron chi connectivity index (χ2n) is 6.22. The van der Waals surface area contributed by atoms with Gasteiger partial charge in [0.2, 0.25) is 5.91 Å². The van der Waals surface area contributed by atoms with E-state index >= 15 is 0 Å². The molecule has 0 spiro atoms. The minimum atomic E-state index is -0.251. The van der Waals surface area contributed by atoms with E-state index in [2.05, 4.69) is 10.2 Å². The zero-order chi connectivity index (χ0) is 17.4. The molecule has 2 rings (SSSR count). The summed E-state index contributed by atoms with van der Waals surface area (Å²) in [4.78, 5) is 14.4. The number of benzene rings is 1. The third-order valence-corrected chi connectivity index (χ3v) is 4.33. The van der Waals surface area contributed by atoms with Crippen LogP contribution in [0.15, 0.2) is 18.2 Å². The summed E-state index contributed by atoms with van der Waals surface area (Å²) in [5.41, 5.74) is 7.31. The molecule has 26 heavy (non-hydrogen) atoms. The number of carbonyl (C=O) groups excluding carboxylic acids is 1. The fraction of sp³-hybridized carbons (Fsp3) is 0.611. The number of hydrogen-bond acceptors (Lipinski definition) is 5. The standard InChI is InChI=1S/C18H29N3O3.2ClH/c1-14-11-15(20-18(22)12-16(13-19)23-2)5-6-17(14)24-10-9-21-7-3-4-8-21;;/h5-6,11,16H,3-4,7-10,12-13,19H2,1-2H3,(H,20,22);2*1H. The number of ether oxygens (including phenoxy) is 2. The molecule has 1 amide bonds. The van der Waals surface area contributed by atoms with Crippen molar-refractivity contribution in [2.45, 2.75) is 32.3 Å². The lowest BCUT2D eigenvalue weighted by Crippen LogP contribution is -2.28. The first kappa shape index (κ1) is 24.9. The highest BCUT2D eigenvalue weighted by molar-refractivity contribution is 5.91. The van der Waals surface area contributed by atoms with Crippen molar-refractivity contribution < 1.29 is 14.3 Å². The molecule has 0 saturated carbocycles. The number of anilines is 1. The number of carbonyl (C=O) groups is 1. The van der Waals surface area contributed by atoms with Gasteiger partial charge in [0, 0.05) is 25.9 Å². The summed E-state index contributed by atoms with van der Waals surface area (Å²) >= 11 is 0. The number of hydrogen-bond donors (Lipinski definition) is 2. The monoisotopic (exact) mass is 407 g/mol. The van der Waals surface area contributed by atoms with Crippen LogP contribution < -0.4 is 15.8 Å². The molecule has 6 nitrogen and oxygen atoms in total. The summed E-state index contributed by atoms with van der Waals surface area (Å²) < 4.78 is 11.0. The van der Waals surface area contributed by atoms with Gasteiger partial charge >= 0.3 is 0 Å². The Labute approximate surface area is 168 Å². The molecule has 150 valence electrons. The number of nitrogens with zero attached hydrogens (tertiary/aromatic N) is 1. The van der Waals surface area contributed by atoms with E-state index in [0.29, 0.717) is 13.2 Å². The Morgan fingerprint density at radius 1 is 1.31 bits per heavy atom. The number of likely N-dealkylation sites (tertiary alicyclic amines) is 1. The zero-order valence-corrected chi connectivity index (χ0v) is 17.2. The van der Waals surface area contributed by atoms with Gasteiger partial charge < -0.3 is 20.5 Å². The van der Waals surface area contributed by atoms with Gasteiger partial charge in [0.1, 0.15) is 12.4 Å². The van der Waals surface area contributed by atoms with Crippen molar-refractivity contribution in [2.24, 2.45) is 5.73 Å². The number of nitrogens with one attached hydrogen (secondary N) is 1. The molecule has 0 aromatic heterocycles. The highest BCUT2D eigenvalue weighted by Gasteiger charge is 2.13. The molecule has 0 radical (unpaired) electrons. The molecule has 0 aliphatic carbocycles. The van der Waals surface area contributed by atoms with Crippen LogP contribution in [-0.2, 0) is 9.53 Å². The molecule has 8 heteroatoms. The second kappa shape index (κ2) is 13.2. The van der Waals surface area contributed by atoms with Gasteiger partial charge in [0.15, 0.2) is 0 Å². The van der Waals surface area contributed by atoms with Gasteiger partial charge in [-0.1, -0.05) is 0 Å². The molecular weight excluding hydrogens is 377 g/mol. The van der Waals surface area contributed by atoms with Crippen molar-refractivity contribution in [1.82, 2.24) is 4.90 Å². The van der Waals surface area contributed by atoms with Gasteiger partial charge in [0.25, 0.3) is 0 Å². The van der Waals surface area contributed by atoms with E-state index in [4.69, 9.17) is 15.2 Å². The Kier molecular flexibility index (Phi) is 12.6. The van der Waals surface area contributed by atoms with E-state index < -0.39 is 0 Å². The van der Waals surface area contributed by atoms with Crippen LogP contribution in [0.2, 0.25) is 0 Å². The summed E-state index contributed by atoms with van der Waals surface area (Å²) in [5.74, 6) is 0.762. The molecule has 1 unspecified atom stereocenters. The Balaban J connectivity index is 0.00000312. The lowest BCUT2D eigenvalue weighted by Gasteiger charge is -2.16. The maximum Gasteiger partial charge on any atom is 0.227 e. The maximum absolute atomic E-state index is 12.0. The van der Waals surface area contributed by atoms with Gasteiger partial charge in [-0.3, -0.25) is 9.69 Å². The van der Waals surface area contributed by atoms with E-state index in [9.17, 15) is 4.79 Å². The van der Waals surface area contributed by atoms with E-state index in [0.717, 1.165) is 23.5 Å². The third kappa shape index (κ3) is 8.10. The van der Waals surface area contributed by atoms with Gasteiger partial charge in [-0.2, -0.15) is 0 Å². The van der Waals surface area contributed by atoms with Crippen molar-refractivity contribution in [1.29, 1.82) is 0 Å². The average molecular weight is 408 g/mol. The smallest absolute Gasteiger partial charge is 0.227 e. The minimum Gasteiger partial charge on any atom is -0.492 e. The van der Waals surface area contributed by atoms with E-state index in [1.807, 2.05) is 25.1 Å². The molecule has 3 N–H and O–H groups in total. The lowest BCUT2D eigenvalue weighted by atomic mass is 10.2. The zero-order valence-electron chi connectivity index (χ0n) is 15.5. The van der Waals surface area contributed by atoms with Gasteiger partial charge in [-0.25, -0.2) is 0 Å². The van der Waals surface area contributed by atoms with Crippen LogP contribution in [0.3, 0.4) is 0 Å². The van der Waals surface area contributed by atoms with Crippen LogP contribution in [0.5, 0.6) is 5.75 Å². The third-order valence-electron chi connectivity index (χ3n) is 4.33. The Morgan fingerprint density at radius 3 is 2.58 bits per heavy atom. The topological polar surface area (TPSA) is 76.8 Å². The normalized spacial score (nSPS) is 14.9. The predicted molar refractivity (Wildman–Crippen MR) is 110 cm³/mol. The summed E-state index contributed by atoms with van der Waals surface area (Å²) in [6.07, 6.45) is 2.59. The highest BCUT2D eigenvalue weighted by Crippen LogP contribution is 2.22. The number of methoxy groups -OCH3 is 1. The maximum atomic E-state index is 12.0. The minimum absolute atomic E-state index is 0. The summed E-state index contributed by atoms with van der Waals surface area (Å²) in [6, 6.07) is 5.69. The molecule has 1 fully saturated rings. The van der Waals surface area contributed by atoms with Gasteiger partial charge in [-0.05, 0) is 56.6 Å². The molecule has 1 aliphatic heterocycles. The fourth-order valence-corrected chi connectivity index (χ4v) is 2.86. The Hall–Kier alpha value is -1.05. The first-order valence-electron chi connectivity index (χ1n) is 8.61. The van der Waals surface area contributed by atoms with Crippen molar-refractivity contribution in [2.75, 3.05) is 45.2 Å². The number of amides is 1. The quantitative estimate of drug-likeness (QED) is 0.657. The van der Waals surface area contributed by atoms with Crippen molar-refractivity contribution in [3.05, 3.63) is 23.8 Å². The van der Waals surface area contributed by atoms with Crippen LogP contribution in [0.1, 0.15) is 24.8 Å². The SMILES string of the molecule is COC(CN)CC(=O)Nc1ccc(OCCN2CCCC2)c(C)c1.Cl.Cl. The fourth-order valence-electron chi connectivity index (χ4n) is 2.86. The number of rotatable bonds is 9. The van der Waals surface area contributed by atoms with Gasteiger partial charge in [-0.15, -0.1) is 24.8 Å². The molecule has 1 atom stereocenters. The van der Waals surface area contributed by atoms with Crippen LogP contribution in [0, 0.1) is 6.92 Å². The van der Waals surface area contributed by atoms with Gasteiger partial charge in [0.05, 0.1) is 12.5 Å². The molecule has 1 aromatic rings. The van der Waals surface area contributed by atoms with Crippen LogP contribution in [0.4, 0.5) is 5.69 Å². The number of aryl methyl sites for hydroxylation is 1. The average Bonchev–Trinajstić information content (AvgIpc) is 3.08. The molecule has 1 aliphatic rings. The Bertz CT molecular complexity index is 536. The van der Waals surface area contributed by atoms with Crippen LogP contribution in [-0.4, -0.2) is 56.8 Å². The summed E-state index contributed by atoms with van der Waals surface area (Å²) in [5, 5.41) is 2.87. The van der Waals surface area contributed by atoms with E-state index in [1.54, 1.807) is 7.11 Å². The second-order valence-corrected chi connectivity index (χ2v) is 6.22. The molecule has 0 bridgehead atoms. The van der Waals surface area contributed by atoms with E-state index in [-0.39, 0.29) is 43.2 Å². The predicted octanol–water partition coefficient (Wildman–Crippen LogP) is 2.62. The summed E-state index contributed by atoms with van der Waals surface area (Å²) in [6.45, 7) is 6.33. The molecule has 1 saturated heterocycles. The summed E-state index contributed by atoms with van der Waals surface area (Å²) in [7, 11) is 1.56. The first-order chi connectivity index (χ1) is 11.6. The van der Waals surface area contributed by atoms with Crippen molar-refractivity contribution >= 4 is 36.4 Å². The van der Waals surface area contributed by atoms with E-state index in [1.165, 1.54) is 25.9 Å². The van der Waals surface area contributed by atoms with Crippen molar-refractivity contribution in [3.8, 4) is 5.75 Å². The number of nitrogens with two attached hydrogens (primary N) is 1. The first-order valence-corrected chi connectivity index (χ1v) is 8.61. The number of halogens is 2. The molecule has 1 aromatic carbocycles. The molecular formula is C18H31Cl2N3O3. The van der Waals surface area contributed by atoms with Crippen LogP contribution >= 0.6 is 24.8 Å². The van der Waals surface area contributed by atoms with Crippen LogP contribution in [0.25, 0.3) is 0 Å². The Morgan fingerprint density at radius 2 is 2.00 bits per heavy atom. The highest BCUT2D eigenvalue weighted by atomic mass is 35.5. The lowest BCUT2D eigenvalue weighted by molar-refractivity contribution is -0.118.